The minimum Gasteiger partial charge on any atom is -0.452 e. The molecular formula is C24H20ClFN2O4. The summed E-state index contributed by atoms with van der Waals surface area (Å²) < 4.78 is 18.7. The number of nitrogens with one attached hydrogen (secondary N) is 2. The lowest BCUT2D eigenvalue weighted by atomic mass is 10.1. The van der Waals surface area contributed by atoms with E-state index in [2.05, 4.69) is 10.6 Å². The molecule has 0 radical (unpaired) electrons. The third-order valence-corrected chi connectivity index (χ3v) is 4.91. The zero-order valence-corrected chi connectivity index (χ0v) is 17.9. The molecule has 0 saturated heterocycles. The maximum atomic E-state index is 13.8. The van der Waals surface area contributed by atoms with E-state index in [9.17, 15) is 18.8 Å². The van der Waals surface area contributed by atoms with E-state index >= 15 is 0 Å². The van der Waals surface area contributed by atoms with Gasteiger partial charge in [-0.05, 0) is 36.8 Å². The highest BCUT2D eigenvalue weighted by atomic mass is 35.5. The molecule has 1 atom stereocenters. The quantitative estimate of drug-likeness (QED) is 0.504. The van der Waals surface area contributed by atoms with Crippen molar-refractivity contribution in [3.63, 3.8) is 0 Å². The summed E-state index contributed by atoms with van der Waals surface area (Å²) in [5.41, 5.74) is 0.972. The number of anilines is 1. The zero-order chi connectivity index (χ0) is 23.1. The Balaban J connectivity index is 1.63. The minimum atomic E-state index is -1.06. The molecule has 0 fully saturated rings. The Morgan fingerprint density at radius 1 is 0.969 bits per heavy atom. The van der Waals surface area contributed by atoms with E-state index in [0.29, 0.717) is 0 Å². The second-order valence-corrected chi connectivity index (χ2v) is 7.28. The van der Waals surface area contributed by atoms with Crippen LogP contribution in [0.2, 0.25) is 5.02 Å². The number of rotatable bonds is 7. The number of amides is 2. The normalized spacial score (nSPS) is 11.3. The lowest BCUT2D eigenvalue weighted by Gasteiger charge is -2.16. The number of ether oxygens (including phenoxy) is 1. The maximum Gasteiger partial charge on any atom is 0.343 e. The van der Waals surface area contributed by atoms with Gasteiger partial charge in [-0.15, -0.1) is 0 Å². The van der Waals surface area contributed by atoms with Gasteiger partial charge in [0, 0.05) is 0 Å². The van der Waals surface area contributed by atoms with Gasteiger partial charge in [0.25, 0.3) is 11.8 Å². The maximum absolute atomic E-state index is 13.8. The number of esters is 1. The van der Waals surface area contributed by atoms with Crippen molar-refractivity contribution < 1.29 is 23.5 Å². The predicted octanol–water partition coefficient (Wildman–Crippen LogP) is 4.77. The van der Waals surface area contributed by atoms with E-state index in [1.807, 2.05) is 37.3 Å². The van der Waals surface area contributed by atoms with E-state index in [1.54, 1.807) is 24.3 Å². The summed E-state index contributed by atoms with van der Waals surface area (Å²) in [4.78, 5) is 37.1. The summed E-state index contributed by atoms with van der Waals surface area (Å²) in [6.45, 7) is 1.17. The third kappa shape index (κ3) is 5.70. The van der Waals surface area contributed by atoms with Crippen LogP contribution in [0.5, 0.6) is 0 Å². The molecule has 6 nitrogen and oxygen atoms in total. The molecule has 0 aliphatic rings. The molecule has 8 heteroatoms. The highest BCUT2D eigenvalue weighted by Gasteiger charge is 2.20. The topological polar surface area (TPSA) is 84.5 Å². The van der Waals surface area contributed by atoms with Crippen molar-refractivity contribution in [2.75, 3.05) is 11.9 Å². The summed E-state index contributed by atoms with van der Waals surface area (Å²) >= 11 is 5.82. The summed E-state index contributed by atoms with van der Waals surface area (Å²) in [7, 11) is 0. The molecule has 3 aromatic rings. The van der Waals surface area contributed by atoms with Crippen molar-refractivity contribution in [2.24, 2.45) is 0 Å². The van der Waals surface area contributed by atoms with Gasteiger partial charge in [-0.2, -0.15) is 0 Å². The van der Waals surface area contributed by atoms with E-state index in [4.69, 9.17) is 16.3 Å². The monoisotopic (exact) mass is 454 g/mol. The zero-order valence-electron chi connectivity index (χ0n) is 17.1. The number of benzene rings is 3. The molecule has 0 aliphatic carbocycles. The van der Waals surface area contributed by atoms with Crippen molar-refractivity contribution in [1.82, 2.24) is 5.32 Å². The fourth-order valence-electron chi connectivity index (χ4n) is 2.97. The second-order valence-electron chi connectivity index (χ2n) is 6.87. The average molecular weight is 455 g/mol. The molecule has 0 saturated carbocycles. The van der Waals surface area contributed by atoms with Crippen LogP contribution in [0.25, 0.3) is 0 Å². The molecule has 0 heterocycles. The molecule has 2 amide bonds. The molecule has 0 aliphatic heterocycles. The highest BCUT2D eigenvalue weighted by molar-refractivity contribution is 6.33. The third-order valence-electron chi connectivity index (χ3n) is 4.59. The standard InChI is InChI=1S/C24H20ClFN2O4/c1-15(16-8-3-2-4-9-16)27-23(30)17-10-5-6-13-20(17)28-21(29)14-32-24(31)22-18(25)11-7-12-19(22)26/h2-13,15H,14H2,1H3,(H,27,30)(H,28,29). The van der Waals surface area contributed by atoms with Crippen LogP contribution in [0.1, 0.15) is 39.2 Å². The van der Waals surface area contributed by atoms with Crippen LogP contribution in [0, 0.1) is 5.82 Å². The summed E-state index contributed by atoms with van der Waals surface area (Å²) in [6, 6.07) is 19.4. The Labute approximate surface area is 189 Å². The van der Waals surface area contributed by atoms with Gasteiger partial charge in [0.2, 0.25) is 0 Å². The molecule has 32 heavy (non-hydrogen) atoms. The van der Waals surface area contributed by atoms with E-state index in [-0.39, 0.29) is 28.2 Å². The fraction of sp³-hybridized carbons (Fsp3) is 0.125. The second kappa shape index (κ2) is 10.5. The van der Waals surface area contributed by atoms with Gasteiger partial charge in [0.05, 0.1) is 22.3 Å². The molecule has 0 aromatic heterocycles. The average Bonchev–Trinajstić information content (AvgIpc) is 2.78. The fourth-order valence-corrected chi connectivity index (χ4v) is 3.21. The Hall–Kier alpha value is -3.71. The van der Waals surface area contributed by atoms with E-state index in [1.165, 1.54) is 12.1 Å². The first-order valence-electron chi connectivity index (χ1n) is 9.72. The van der Waals surface area contributed by atoms with Gasteiger partial charge in [-0.3, -0.25) is 9.59 Å². The van der Waals surface area contributed by atoms with Crippen LogP contribution in [0.3, 0.4) is 0 Å². The molecule has 0 bridgehead atoms. The molecule has 3 rings (SSSR count). The Morgan fingerprint density at radius 2 is 1.66 bits per heavy atom. The van der Waals surface area contributed by atoms with Crippen molar-refractivity contribution in [3.05, 3.63) is 100 Å². The van der Waals surface area contributed by atoms with E-state index < -0.39 is 29.9 Å². The first-order valence-corrected chi connectivity index (χ1v) is 10.1. The predicted molar refractivity (Wildman–Crippen MR) is 119 cm³/mol. The number of hydrogen-bond acceptors (Lipinski definition) is 4. The highest BCUT2D eigenvalue weighted by Crippen LogP contribution is 2.20. The van der Waals surface area contributed by atoms with Gasteiger partial charge >= 0.3 is 5.97 Å². The smallest absolute Gasteiger partial charge is 0.343 e. The number of halogens is 2. The van der Waals surface area contributed by atoms with Gasteiger partial charge in [0.15, 0.2) is 6.61 Å². The van der Waals surface area contributed by atoms with Crippen molar-refractivity contribution >= 4 is 35.1 Å². The summed E-state index contributed by atoms with van der Waals surface area (Å²) in [6.07, 6.45) is 0. The summed E-state index contributed by atoms with van der Waals surface area (Å²) in [5.74, 6) is -2.99. The molecular weight excluding hydrogens is 435 g/mol. The number of carbonyl (C=O) groups excluding carboxylic acids is 3. The lowest BCUT2D eigenvalue weighted by Crippen LogP contribution is -2.28. The first kappa shape index (κ1) is 23.0. The van der Waals surface area contributed by atoms with E-state index in [0.717, 1.165) is 11.6 Å². The van der Waals surface area contributed by atoms with Crippen LogP contribution in [-0.2, 0) is 9.53 Å². The van der Waals surface area contributed by atoms with Crippen LogP contribution in [-0.4, -0.2) is 24.4 Å². The SMILES string of the molecule is CC(NC(=O)c1ccccc1NC(=O)COC(=O)c1c(F)cccc1Cl)c1ccccc1. The minimum absolute atomic E-state index is 0.120. The van der Waals surface area contributed by atoms with Gasteiger partial charge < -0.3 is 15.4 Å². The van der Waals surface area contributed by atoms with Crippen LogP contribution < -0.4 is 10.6 Å². The summed E-state index contributed by atoms with van der Waals surface area (Å²) in [5, 5.41) is 5.29. The van der Waals surface area contributed by atoms with Crippen molar-refractivity contribution in [3.8, 4) is 0 Å². The Kier molecular flexibility index (Phi) is 7.57. The van der Waals surface area contributed by atoms with Crippen LogP contribution in [0.15, 0.2) is 72.8 Å². The molecule has 3 aromatic carbocycles. The van der Waals surface area contributed by atoms with Crippen LogP contribution in [0.4, 0.5) is 10.1 Å². The molecule has 1 unspecified atom stereocenters. The lowest BCUT2D eigenvalue weighted by molar-refractivity contribution is -0.119. The van der Waals surface area contributed by atoms with Gasteiger partial charge in [0.1, 0.15) is 11.4 Å². The number of carbonyl (C=O) groups is 3. The molecule has 0 spiro atoms. The molecule has 164 valence electrons. The van der Waals surface area contributed by atoms with Crippen molar-refractivity contribution in [1.29, 1.82) is 0 Å². The Bertz CT molecular complexity index is 1120. The Morgan fingerprint density at radius 3 is 2.38 bits per heavy atom. The largest absolute Gasteiger partial charge is 0.452 e. The number of hydrogen-bond donors (Lipinski definition) is 2. The van der Waals surface area contributed by atoms with Crippen molar-refractivity contribution in [2.45, 2.75) is 13.0 Å². The van der Waals surface area contributed by atoms with Gasteiger partial charge in [-0.1, -0.05) is 60.1 Å². The molecule has 2 N–H and O–H groups in total. The van der Waals surface area contributed by atoms with Crippen LogP contribution >= 0.6 is 11.6 Å². The number of para-hydroxylation sites is 1. The first-order chi connectivity index (χ1) is 15.4. The van der Waals surface area contributed by atoms with Gasteiger partial charge in [-0.25, -0.2) is 9.18 Å².